The zero-order valence-corrected chi connectivity index (χ0v) is 13.9. The number of benzene rings is 2. The zero-order valence-electron chi connectivity index (χ0n) is 13.9. The molecule has 0 spiro atoms. The zero-order chi connectivity index (χ0) is 16.5. The number of nitrogens with one attached hydrogen (secondary N) is 1. The second-order valence-electron chi connectivity index (χ2n) is 5.71. The van der Waals surface area contributed by atoms with E-state index in [0.717, 1.165) is 18.6 Å². The van der Waals surface area contributed by atoms with Crippen molar-refractivity contribution in [3.05, 3.63) is 65.7 Å². The molecule has 0 unspecified atom stereocenters. The van der Waals surface area contributed by atoms with E-state index in [1.165, 1.54) is 11.1 Å². The maximum atomic E-state index is 12.2. The quantitative estimate of drug-likeness (QED) is 0.751. The van der Waals surface area contributed by atoms with Crippen LogP contribution in [0.2, 0.25) is 0 Å². The van der Waals surface area contributed by atoms with Crippen LogP contribution in [0.1, 0.15) is 30.9 Å². The van der Waals surface area contributed by atoms with Crippen LogP contribution >= 0.6 is 0 Å². The Balaban J connectivity index is 1.73. The molecule has 0 fully saturated rings. The van der Waals surface area contributed by atoms with Crippen LogP contribution in [0.4, 0.5) is 0 Å². The molecular weight excluding hydrogens is 286 g/mol. The summed E-state index contributed by atoms with van der Waals surface area (Å²) in [5.74, 6) is 0.689. The number of amides is 1. The Labute approximate surface area is 138 Å². The molecule has 0 aliphatic carbocycles. The lowest BCUT2D eigenvalue weighted by Crippen LogP contribution is -2.38. The fourth-order valence-electron chi connectivity index (χ4n) is 2.36. The third-order valence-electron chi connectivity index (χ3n) is 3.75. The van der Waals surface area contributed by atoms with Crippen molar-refractivity contribution in [3.8, 4) is 5.75 Å². The van der Waals surface area contributed by atoms with E-state index in [4.69, 9.17) is 4.74 Å². The number of hydrogen-bond acceptors (Lipinski definition) is 2. The lowest BCUT2D eigenvalue weighted by atomic mass is 10.1. The minimum Gasteiger partial charge on any atom is -0.481 e. The molecule has 3 nitrogen and oxygen atoms in total. The first-order valence-electron chi connectivity index (χ1n) is 8.24. The normalized spacial score (nSPS) is 11.7. The third-order valence-corrected chi connectivity index (χ3v) is 3.75. The van der Waals surface area contributed by atoms with Crippen LogP contribution in [0.25, 0.3) is 0 Å². The van der Waals surface area contributed by atoms with E-state index in [1.807, 2.05) is 37.3 Å². The van der Waals surface area contributed by atoms with Gasteiger partial charge in [-0.05, 0) is 43.9 Å². The highest BCUT2D eigenvalue weighted by Crippen LogP contribution is 2.12. The molecule has 2 rings (SSSR count). The topological polar surface area (TPSA) is 38.3 Å². The minimum atomic E-state index is -0.434. The van der Waals surface area contributed by atoms with Crippen LogP contribution in [0.15, 0.2) is 54.6 Å². The van der Waals surface area contributed by atoms with Gasteiger partial charge in [0.1, 0.15) is 5.75 Å². The molecular formula is C20H25NO2. The van der Waals surface area contributed by atoms with Gasteiger partial charge in [-0.25, -0.2) is 0 Å². The minimum absolute atomic E-state index is 0.0414. The van der Waals surface area contributed by atoms with Crippen molar-refractivity contribution in [1.29, 1.82) is 0 Å². The number of para-hydroxylation sites is 1. The van der Waals surface area contributed by atoms with Crippen LogP contribution in [0.5, 0.6) is 5.75 Å². The van der Waals surface area contributed by atoms with Crippen molar-refractivity contribution < 1.29 is 9.53 Å². The molecule has 2 aromatic carbocycles. The van der Waals surface area contributed by atoms with Gasteiger partial charge >= 0.3 is 0 Å². The molecule has 0 aliphatic rings. The number of rotatable bonds is 8. The largest absolute Gasteiger partial charge is 0.481 e. The van der Waals surface area contributed by atoms with Crippen LogP contribution in [0, 0.1) is 6.92 Å². The molecule has 0 heterocycles. The average molecular weight is 311 g/mol. The molecule has 3 heteroatoms. The monoisotopic (exact) mass is 311 g/mol. The van der Waals surface area contributed by atoms with Crippen LogP contribution in [-0.4, -0.2) is 18.6 Å². The molecule has 122 valence electrons. The number of carbonyl (C=O) groups is 1. The van der Waals surface area contributed by atoms with Gasteiger partial charge in [-0.1, -0.05) is 55.0 Å². The summed E-state index contributed by atoms with van der Waals surface area (Å²) in [6.07, 6.45) is 2.11. The molecule has 23 heavy (non-hydrogen) atoms. The van der Waals surface area contributed by atoms with Gasteiger partial charge < -0.3 is 10.1 Å². The van der Waals surface area contributed by atoms with Crippen molar-refractivity contribution in [2.45, 2.75) is 39.2 Å². The van der Waals surface area contributed by atoms with E-state index in [9.17, 15) is 4.79 Å². The fourth-order valence-corrected chi connectivity index (χ4v) is 2.36. The van der Waals surface area contributed by atoms with E-state index >= 15 is 0 Å². The van der Waals surface area contributed by atoms with Crippen molar-refractivity contribution in [2.24, 2.45) is 0 Å². The lowest BCUT2D eigenvalue weighted by molar-refractivity contribution is -0.128. The molecule has 0 radical (unpaired) electrons. The number of carbonyl (C=O) groups excluding carboxylic acids is 1. The van der Waals surface area contributed by atoms with Crippen LogP contribution < -0.4 is 10.1 Å². The van der Waals surface area contributed by atoms with Gasteiger partial charge in [0.2, 0.25) is 0 Å². The molecule has 1 atom stereocenters. The van der Waals surface area contributed by atoms with Crippen LogP contribution in [0.3, 0.4) is 0 Å². The van der Waals surface area contributed by atoms with Gasteiger partial charge in [0.05, 0.1) is 0 Å². The van der Waals surface area contributed by atoms with E-state index in [0.29, 0.717) is 13.0 Å². The Morgan fingerprint density at radius 2 is 1.78 bits per heavy atom. The standard InChI is InChI=1S/C20H25NO2/c1-3-19(23-18-9-5-4-6-10-18)20(22)21-15-7-8-17-13-11-16(2)12-14-17/h4-6,9-14,19H,3,7-8,15H2,1-2H3,(H,21,22)/t19-/m1/s1. The van der Waals surface area contributed by atoms with E-state index in [2.05, 4.69) is 36.5 Å². The Morgan fingerprint density at radius 1 is 1.09 bits per heavy atom. The highest BCUT2D eigenvalue weighted by Gasteiger charge is 2.17. The van der Waals surface area contributed by atoms with E-state index < -0.39 is 6.10 Å². The molecule has 0 aliphatic heterocycles. The van der Waals surface area contributed by atoms with E-state index in [1.54, 1.807) is 0 Å². The van der Waals surface area contributed by atoms with E-state index in [-0.39, 0.29) is 5.91 Å². The Kier molecular flexibility index (Phi) is 6.67. The Hall–Kier alpha value is -2.29. The molecule has 0 saturated carbocycles. The smallest absolute Gasteiger partial charge is 0.261 e. The summed E-state index contributed by atoms with van der Waals surface area (Å²) in [4.78, 5) is 12.2. The van der Waals surface area contributed by atoms with Crippen molar-refractivity contribution in [1.82, 2.24) is 5.32 Å². The number of aryl methyl sites for hydroxylation is 2. The fraction of sp³-hybridized carbons (Fsp3) is 0.350. The SMILES string of the molecule is CC[C@@H](Oc1ccccc1)C(=O)NCCCc1ccc(C)cc1. The number of hydrogen-bond donors (Lipinski definition) is 1. The summed E-state index contributed by atoms with van der Waals surface area (Å²) in [5.41, 5.74) is 2.57. The maximum absolute atomic E-state index is 12.2. The molecule has 1 N–H and O–H groups in total. The summed E-state index contributed by atoms with van der Waals surface area (Å²) in [7, 11) is 0. The maximum Gasteiger partial charge on any atom is 0.261 e. The summed E-state index contributed by atoms with van der Waals surface area (Å²) in [6.45, 7) is 4.71. The van der Waals surface area contributed by atoms with Gasteiger partial charge in [0.25, 0.3) is 5.91 Å². The first kappa shape index (κ1) is 17.1. The Bertz CT molecular complexity index is 593. The van der Waals surface area contributed by atoms with Gasteiger partial charge in [-0.2, -0.15) is 0 Å². The first-order chi connectivity index (χ1) is 11.2. The van der Waals surface area contributed by atoms with Crippen molar-refractivity contribution >= 4 is 5.91 Å². The summed E-state index contributed by atoms with van der Waals surface area (Å²) in [6, 6.07) is 18.0. The molecule has 2 aromatic rings. The van der Waals surface area contributed by atoms with Crippen molar-refractivity contribution in [2.75, 3.05) is 6.54 Å². The number of ether oxygens (including phenoxy) is 1. The third kappa shape index (κ3) is 5.78. The second-order valence-corrected chi connectivity index (χ2v) is 5.71. The van der Waals surface area contributed by atoms with Gasteiger partial charge in [-0.15, -0.1) is 0 Å². The predicted octanol–water partition coefficient (Wildman–Crippen LogP) is 3.90. The molecule has 0 saturated heterocycles. The Morgan fingerprint density at radius 3 is 2.43 bits per heavy atom. The predicted molar refractivity (Wildman–Crippen MR) is 93.7 cm³/mol. The summed E-state index contributed by atoms with van der Waals surface area (Å²) >= 11 is 0. The van der Waals surface area contributed by atoms with Crippen molar-refractivity contribution in [3.63, 3.8) is 0 Å². The average Bonchev–Trinajstić information content (AvgIpc) is 2.59. The molecule has 1 amide bonds. The second kappa shape index (κ2) is 8.99. The summed E-state index contributed by atoms with van der Waals surface area (Å²) < 4.78 is 5.74. The van der Waals surface area contributed by atoms with Gasteiger partial charge in [-0.3, -0.25) is 4.79 Å². The van der Waals surface area contributed by atoms with Crippen LogP contribution in [-0.2, 0) is 11.2 Å². The summed E-state index contributed by atoms with van der Waals surface area (Å²) in [5, 5.41) is 2.97. The highest BCUT2D eigenvalue weighted by molar-refractivity contribution is 5.81. The highest BCUT2D eigenvalue weighted by atomic mass is 16.5. The lowest BCUT2D eigenvalue weighted by Gasteiger charge is -2.17. The first-order valence-corrected chi connectivity index (χ1v) is 8.24. The van der Waals surface area contributed by atoms with Gasteiger partial charge in [0.15, 0.2) is 6.10 Å². The molecule has 0 aromatic heterocycles. The van der Waals surface area contributed by atoms with Gasteiger partial charge in [0, 0.05) is 6.54 Å². The molecule has 0 bridgehead atoms.